The molecule has 0 amide bonds. The van der Waals surface area contributed by atoms with E-state index in [2.05, 4.69) is 27.3 Å². The molecule has 0 aliphatic carbocycles. The minimum absolute atomic E-state index is 0.0576. The Kier molecular flexibility index (Phi) is 8.32. The predicted octanol–water partition coefficient (Wildman–Crippen LogP) is 0.767. The van der Waals surface area contributed by atoms with E-state index in [0.29, 0.717) is 13.2 Å². The highest BCUT2D eigenvalue weighted by Gasteiger charge is 2.07. The molecule has 0 saturated heterocycles. The molecule has 0 heterocycles. The van der Waals surface area contributed by atoms with Crippen LogP contribution in [0.4, 0.5) is 0 Å². The fourth-order valence-corrected chi connectivity index (χ4v) is 2.00. The van der Waals surface area contributed by atoms with Crippen molar-refractivity contribution in [1.82, 2.24) is 4.72 Å². The van der Waals surface area contributed by atoms with E-state index >= 15 is 0 Å². The molecule has 80 valence electrons. The Morgan fingerprint density at radius 3 is 2.69 bits per heavy atom. The second-order valence-electron chi connectivity index (χ2n) is 2.45. The molecule has 0 spiro atoms. The summed E-state index contributed by atoms with van der Waals surface area (Å²) in [5, 5.41) is 0. The summed E-state index contributed by atoms with van der Waals surface area (Å²) in [6.07, 6.45) is 0.869. The predicted molar refractivity (Wildman–Crippen MR) is 61.8 cm³/mol. The second kappa shape index (κ2) is 7.95. The Labute approximate surface area is 93.6 Å². The van der Waals surface area contributed by atoms with Crippen molar-refractivity contribution in [2.24, 2.45) is 0 Å². The van der Waals surface area contributed by atoms with Gasteiger partial charge in [0.25, 0.3) is 0 Å². The van der Waals surface area contributed by atoms with Crippen molar-refractivity contribution in [3.63, 3.8) is 0 Å². The lowest BCUT2D eigenvalue weighted by Gasteiger charge is -2.05. The van der Waals surface area contributed by atoms with Gasteiger partial charge in [-0.2, -0.15) is 0 Å². The molecule has 0 bridgehead atoms. The number of alkyl halides is 1. The third-order valence-corrected chi connectivity index (χ3v) is 3.44. The van der Waals surface area contributed by atoms with Crippen LogP contribution in [-0.2, 0) is 14.8 Å². The summed E-state index contributed by atoms with van der Waals surface area (Å²) in [4.78, 5) is 0. The molecule has 0 aromatic heterocycles. The molecule has 4 nitrogen and oxygen atoms in total. The number of sulfonamides is 1. The molecule has 0 saturated carbocycles. The van der Waals surface area contributed by atoms with Crippen LogP contribution in [0.15, 0.2) is 0 Å². The molecule has 13 heavy (non-hydrogen) atoms. The van der Waals surface area contributed by atoms with Gasteiger partial charge in [-0.3, -0.25) is 0 Å². The van der Waals surface area contributed by atoms with Crippen molar-refractivity contribution < 1.29 is 13.2 Å². The summed E-state index contributed by atoms with van der Waals surface area (Å²) in [7, 11) is -3.10. The molecule has 0 radical (unpaired) electrons. The molecule has 6 heteroatoms. The van der Waals surface area contributed by atoms with Gasteiger partial charge in [0.2, 0.25) is 10.0 Å². The van der Waals surface area contributed by atoms with Crippen LogP contribution >= 0.6 is 22.6 Å². The molecule has 0 unspecified atom stereocenters. The zero-order valence-electron chi connectivity index (χ0n) is 7.75. The number of halogens is 1. The molecular weight excluding hydrogens is 305 g/mol. The van der Waals surface area contributed by atoms with Gasteiger partial charge in [0, 0.05) is 17.6 Å². The van der Waals surface area contributed by atoms with Crippen molar-refractivity contribution >= 4 is 32.6 Å². The van der Waals surface area contributed by atoms with Gasteiger partial charge in [-0.1, -0.05) is 22.6 Å². The third kappa shape index (κ3) is 8.92. The zero-order chi connectivity index (χ0) is 10.2. The molecule has 0 aromatic rings. The summed E-state index contributed by atoms with van der Waals surface area (Å²) >= 11 is 2.21. The van der Waals surface area contributed by atoms with Crippen molar-refractivity contribution in [3.05, 3.63) is 0 Å². The van der Waals surface area contributed by atoms with Crippen LogP contribution in [0.2, 0.25) is 0 Å². The maximum absolute atomic E-state index is 11.2. The zero-order valence-corrected chi connectivity index (χ0v) is 10.7. The first-order valence-corrected chi connectivity index (χ1v) is 7.41. The van der Waals surface area contributed by atoms with Crippen LogP contribution < -0.4 is 4.72 Å². The highest BCUT2D eigenvalue weighted by atomic mass is 127. The number of rotatable bonds is 8. The van der Waals surface area contributed by atoms with Crippen LogP contribution in [-0.4, -0.2) is 38.4 Å². The van der Waals surface area contributed by atoms with Gasteiger partial charge in [-0.25, -0.2) is 13.1 Å². The number of nitrogens with one attached hydrogen (secondary N) is 1. The molecule has 0 aromatic carbocycles. The number of hydrogen-bond acceptors (Lipinski definition) is 3. The third-order valence-electron chi connectivity index (χ3n) is 1.33. The molecule has 0 atom stereocenters. The maximum Gasteiger partial charge on any atom is 0.213 e. The maximum atomic E-state index is 11.2. The van der Waals surface area contributed by atoms with Crippen molar-refractivity contribution in [2.45, 2.75) is 13.3 Å². The minimum Gasteiger partial charge on any atom is -0.381 e. The van der Waals surface area contributed by atoms with Crippen molar-refractivity contribution in [2.75, 3.05) is 29.9 Å². The van der Waals surface area contributed by atoms with Gasteiger partial charge in [0.05, 0.1) is 12.4 Å². The highest BCUT2D eigenvalue weighted by molar-refractivity contribution is 14.1. The average Bonchev–Trinajstić information content (AvgIpc) is 2.05. The van der Waals surface area contributed by atoms with E-state index < -0.39 is 10.0 Å². The standard InChI is InChI=1S/C7H16INO3S/c1-2-12-6-7-13(10,11)9-5-3-4-8/h9H,2-7H2,1H3. The monoisotopic (exact) mass is 321 g/mol. The molecule has 0 rings (SSSR count). The van der Waals surface area contributed by atoms with Gasteiger partial charge >= 0.3 is 0 Å². The largest absolute Gasteiger partial charge is 0.381 e. The Morgan fingerprint density at radius 1 is 1.46 bits per heavy atom. The SMILES string of the molecule is CCOCCS(=O)(=O)NCCCI. The smallest absolute Gasteiger partial charge is 0.213 e. The van der Waals surface area contributed by atoms with Crippen LogP contribution in [0, 0.1) is 0 Å². The molecular formula is C7H16INO3S. The minimum atomic E-state index is -3.10. The number of hydrogen-bond donors (Lipinski definition) is 1. The first-order valence-electron chi connectivity index (χ1n) is 4.23. The van der Waals surface area contributed by atoms with Crippen LogP contribution in [0.5, 0.6) is 0 Å². The lowest BCUT2D eigenvalue weighted by atomic mass is 10.5. The van der Waals surface area contributed by atoms with E-state index in [0.717, 1.165) is 10.8 Å². The molecule has 0 fully saturated rings. The van der Waals surface area contributed by atoms with Crippen LogP contribution in [0.3, 0.4) is 0 Å². The summed E-state index contributed by atoms with van der Waals surface area (Å²) in [6.45, 7) is 3.20. The first-order chi connectivity index (χ1) is 6.12. The Morgan fingerprint density at radius 2 is 2.15 bits per heavy atom. The van der Waals surface area contributed by atoms with E-state index in [9.17, 15) is 8.42 Å². The van der Waals surface area contributed by atoms with Gasteiger partial charge < -0.3 is 4.74 Å². The summed E-state index contributed by atoms with van der Waals surface area (Å²) < 4.78 is 30.8. The van der Waals surface area contributed by atoms with Gasteiger partial charge in [0.15, 0.2) is 0 Å². The van der Waals surface area contributed by atoms with E-state index in [1.807, 2.05) is 6.92 Å². The Bertz CT molecular complexity index is 190. The van der Waals surface area contributed by atoms with E-state index in [1.54, 1.807) is 0 Å². The summed E-state index contributed by atoms with van der Waals surface area (Å²) in [6, 6.07) is 0. The second-order valence-corrected chi connectivity index (χ2v) is 5.46. The lowest BCUT2D eigenvalue weighted by molar-refractivity contribution is 0.163. The van der Waals surface area contributed by atoms with Gasteiger partial charge in [-0.15, -0.1) is 0 Å². The van der Waals surface area contributed by atoms with E-state index in [4.69, 9.17) is 4.74 Å². The lowest BCUT2D eigenvalue weighted by Crippen LogP contribution is -2.29. The van der Waals surface area contributed by atoms with Crippen LogP contribution in [0.25, 0.3) is 0 Å². The van der Waals surface area contributed by atoms with E-state index in [1.165, 1.54) is 0 Å². The number of ether oxygens (including phenoxy) is 1. The van der Waals surface area contributed by atoms with Crippen molar-refractivity contribution in [3.8, 4) is 0 Å². The summed E-state index contributed by atoms with van der Waals surface area (Å²) in [5.41, 5.74) is 0. The topological polar surface area (TPSA) is 55.4 Å². The normalized spacial score (nSPS) is 11.8. The quantitative estimate of drug-likeness (QED) is 0.408. The highest BCUT2D eigenvalue weighted by Crippen LogP contribution is 1.89. The first kappa shape index (κ1) is 13.6. The van der Waals surface area contributed by atoms with Gasteiger partial charge in [-0.05, 0) is 13.3 Å². The molecule has 0 aliphatic rings. The Balaban J connectivity index is 3.55. The fourth-order valence-electron chi connectivity index (χ4n) is 0.680. The van der Waals surface area contributed by atoms with Gasteiger partial charge in [0.1, 0.15) is 0 Å². The average molecular weight is 321 g/mol. The molecule has 1 N–H and O–H groups in total. The Hall–Kier alpha value is 0.600. The van der Waals surface area contributed by atoms with Crippen LogP contribution in [0.1, 0.15) is 13.3 Å². The molecule has 0 aliphatic heterocycles. The fraction of sp³-hybridized carbons (Fsp3) is 1.00. The summed E-state index contributed by atoms with van der Waals surface area (Å²) in [5.74, 6) is 0.0576. The van der Waals surface area contributed by atoms with E-state index in [-0.39, 0.29) is 12.4 Å². The van der Waals surface area contributed by atoms with Crippen molar-refractivity contribution in [1.29, 1.82) is 0 Å².